The molecule has 1 fully saturated rings. The molecule has 0 unspecified atom stereocenters. The minimum Gasteiger partial charge on any atom is -0.378 e. The van der Waals surface area contributed by atoms with Crippen molar-refractivity contribution < 1.29 is 18.3 Å². The van der Waals surface area contributed by atoms with Crippen LogP contribution in [0.3, 0.4) is 0 Å². The highest BCUT2D eigenvalue weighted by Gasteiger charge is 2.28. The van der Waals surface area contributed by atoms with Crippen LogP contribution in [-0.4, -0.2) is 42.0 Å². The minimum absolute atomic E-state index is 0.258. The Morgan fingerprint density at radius 3 is 2.58 bits per heavy atom. The van der Waals surface area contributed by atoms with Crippen LogP contribution in [0.4, 0.5) is 20.2 Å². The van der Waals surface area contributed by atoms with Crippen molar-refractivity contribution in [3.63, 3.8) is 0 Å². The highest BCUT2D eigenvalue weighted by atomic mass is 19.1. The van der Waals surface area contributed by atoms with Crippen LogP contribution in [0, 0.1) is 11.6 Å². The number of carbonyl (C=O) groups excluding carboxylic acids is 1. The quantitative estimate of drug-likeness (QED) is 0.694. The number of nitrogens with zero attached hydrogens (tertiary/aromatic N) is 3. The maximum atomic E-state index is 14.7. The van der Waals surface area contributed by atoms with E-state index in [4.69, 9.17) is 4.74 Å². The highest BCUT2D eigenvalue weighted by Crippen LogP contribution is 2.30. The number of rotatable bonds is 4. The molecule has 2 heterocycles. The van der Waals surface area contributed by atoms with E-state index < -0.39 is 17.5 Å². The number of hydrogen-bond acceptors (Lipinski definition) is 4. The smallest absolute Gasteiger partial charge is 0.276 e. The second-order valence-electron chi connectivity index (χ2n) is 7.71. The summed E-state index contributed by atoms with van der Waals surface area (Å²) in [6, 6.07) is 11.0. The summed E-state index contributed by atoms with van der Waals surface area (Å²) in [6.45, 7) is 2.38. The molecule has 31 heavy (non-hydrogen) atoms. The van der Waals surface area contributed by atoms with E-state index in [0.717, 1.165) is 24.1 Å². The number of benzene rings is 2. The molecule has 0 radical (unpaired) electrons. The number of hydrogen-bond donors (Lipinski definition) is 1. The molecule has 8 heteroatoms. The van der Waals surface area contributed by atoms with Crippen molar-refractivity contribution >= 4 is 17.3 Å². The first-order valence-corrected chi connectivity index (χ1v) is 10.4. The predicted octanol–water partition coefficient (Wildman–Crippen LogP) is 3.73. The van der Waals surface area contributed by atoms with Gasteiger partial charge in [-0.05, 0) is 49.6 Å². The van der Waals surface area contributed by atoms with E-state index >= 15 is 0 Å². The summed E-state index contributed by atoms with van der Waals surface area (Å²) >= 11 is 0. The molecule has 160 valence electrons. The van der Waals surface area contributed by atoms with Crippen LogP contribution >= 0.6 is 0 Å². The van der Waals surface area contributed by atoms with Crippen molar-refractivity contribution in [1.82, 2.24) is 9.78 Å². The van der Waals surface area contributed by atoms with Crippen molar-refractivity contribution in [1.29, 1.82) is 0 Å². The molecule has 1 aliphatic heterocycles. The van der Waals surface area contributed by atoms with Crippen molar-refractivity contribution in [2.45, 2.75) is 19.3 Å². The molecule has 1 saturated heterocycles. The Kier molecular flexibility index (Phi) is 5.15. The first-order chi connectivity index (χ1) is 15.1. The maximum Gasteiger partial charge on any atom is 0.276 e. The van der Waals surface area contributed by atoms with Gasteiger partial charge in [0.2, 0.25) is 0 Å². The van der Waals surface area contributed by atoms with Gasteiger partial charge in [0.25, 0.3) is 5.91 Å². The molecule has 0 bridgehead atoms. The SMILES string of the molecule is O=C(Nc1ccc(N2CCOCC2)c(F)c1)c1nn(-c2ccccc2F)c2c1CCC2. The Bertz CT molecular complexity index is 1140. The van der Waals surface area contributed by atoms with Gasteiger partial charge in [-0.2, -0.15) is 5.10 Å². The number of amides is 1. The van der Waals surface area contributed by atoms with E-state index in [0.29, 0.717) is 49.8 Å². The van der Waals surface area contributed by atoms with Crippen LogP contribution in [0.2, 0.25) is 0 Å². The number of morpholine rings is 1. The largest absolute Gasteiger partial charge is 0.378 e. The summed E-state index contributed by atoms with van der Waals surface area (Å²) in [7, 11) is 0. The monoisotopic (exact) mass is 424 g/mol. The molecule has 5 rings (SSSR count). The number of fused-ring (bicyclic) bond motifs is 1. The van der Waals surface area contributed by atoms with Crippen LogP contribution in [0.1, 0.15) is 28.2 Å². The summed E-state index contributed by atoms with van der Waals surface area (Å²) < 4.78 is 35.8. The lowest BCUT2D eigenvalue weighted by molar-refractivity contribution is 0.102. The zero-order valence-electron chi connectivity index (χ0n) is 16.9. The van der Waals surface area contributed by atoms with Gasteiger partial charge in [0.05, 0.1) is 18.9 Å². The van der Waals surface area contributed by atoms with Crippen LogP contribution < -0.4 is 10.2 Å². The second kappa shape index (κ2) is 8.11. The highest BCUT2D eigenvalue weighted by molar-refractivity contribution is 6.04. The van der Waals surface area contributed by atoms with Gasteiger partial charge in [-0.15, -0.1) is 0 Å². The summed E-state index contributed by atoms with van der Waals surface area (Å²) in [5.41, 5.74) is 3.10. The molecule has 1 amide bonds. The number of halogens is 2. The van der Waals surface area contributed by atoms with Gasteiger partial charge >= 0.3 is 0 Å². The van der Waals surface area contributed by atoms with Gasteiger partial charge < -0.3 is 15.0 Å². The van der Waals surface area contributed by atoms with E-state index in [1.165, 1.54) is 16.8 Å². The zero-order valence-corrected chi connectivity index (χ0v) is 16.9. The number of carbonyl (C=O) groups is 1. The zero-order chi connectivity index (χ0) is 21.4. The molecule has 1 aromatic heterocycles. The van der Waals surface area contributed by atoms with Crippen molar-refractivity contribution in [3.05, 3.63) is 71.1 Å². The second-order valence-corrected chi connectivity index (χ2v) is 7.71. The standard InChI is InChI=1S/C23H22F2N4O2/c24-17-5-1-2-6-21(17)29-19-7-3-4-16(19)22(27-29)23(30)26-15-8-9-20(18(25)14-15)28-10-12-31-13-11-28/h1-2,5-6,8-9,14H,3-4,7,10-13H2,(H,26,30). The Balaban J connectivity index is 1.41. The molecule has 2 aromatic carbocycles. The minimum atomic E-state index is -0.424. The van der Waals surface area contributed by atoms with E-state index in [1.54, 1.807) is 30.3 Å². The number of nitrogens with one attached hydrogen (secondary N) is 1. The third-order valence-corrected chi connectivity index (χ3v) is 5.78. The normalized spacial score (nSPS) is 15.7. The van der Waals surface area contributed by atoms with Crippen LogP contribution in [-0.2, 0) is 17.6 Å². The number of aromatic nitrogens is 2. The van der Waals surface area contributed by atoms with E-state index in [-0.39, 0.29) is 5.69 Å². The predicted molar refractivity (Wildman–Crippen MR) is 113 cm³/mol. The fourth-order valence-corrected chi connectivity index (χ4v) is 4.28. The molecule has 6 nitrogen and oxygen atoms in total. The first kappa shape index (κ1) is 19.7. The molecule has 1 aliphatic carbocycles. The summed E-state index contributed by atoms with van der Waals surface area (Å²) in [5, 5.41) is 7.17. The fourth-order valence-electron chi connectivity index (χ4n) is 4.28. The van der Waals surface area contributed by atoms with Gasteiger partial charge in [0.15, 0.2) is 5.69 Å². The third kappa shape index (κ3) is 3.67. The van der Waals surface area contributed by atoms with Crippen molar-refractivity contribution in [2.75, 3.05) is 36.5 Å². The maximum absolute atomic E-state index is 14.7. The Hall–Kier alpha value is -3.26. The molecule has 0 atom stereocenters. The first-order valence-electron chi connectivity index (χ1n) is 10.4. The lowest BCUT2D eigenvalue weighted by Crippen LogP contribution is -2.36. The molecule has 3 aromatic rings. The van der Waals surface area contributed by atoms with E-state index in [9.17, 15) is 13.6 Å². The number of anilines is 2. The Labute approximate surface area is 178 Å². The van der Waals surface area contributed by atoms with Crippen LogP contribution in [0.5, 0.6) is 0 Å². The van der Waals surface area contributed by atoms with Crippen LogP contribution in [0.25, 0.3) is 5.69 Å². The summed E-state index contributed by atoms with van der Waals surface area (Å²) in [6.07, 6.45) is 2.31. The van der Waals surface area contributed by atoms with Gasteiger partial charge in [-0.3, -0.25) is 4.79 Å². The molecule has 0 spiro atoms. The molecular weight excluding hydrogens is 402 g/mol. The van der Waals surface area contributed by atoms with Crippen molar-refractivity contribution in [3.8, 4) is 5.69 Å². The summed E-state index contributed by atoms with van der Waals surface area (Å²) in [5.74, 6) is -1.22. The molecule has 0 saturated carbocycles. The van der Waals surface area contributed by atoms with Gasteiger partial charge in [0, 0.05) is 30.0 Å². The average Bonchev–Trinajstić information content (AvgIpc) is 3.38. The Morgan fingerprint density at radius 2 is 1.81 bits per heavy atom. The summed E-state index contributed by atoms with van der Waals surface area (Å²) in [4.78, 5) is 14.9. The number of ether oxygens (including phenoxy) is 1. The molecule has 2 aliphatic rings. The lowest BCUT2D eigenvalue weighted by Gasteiger charge is -2.29. The van der Waals surface area contributed by atoms with Crippen molar-refractivity contribution in [2.24, 2.45) is 0 Å². The van der Waals surface area contributed by atoms with Gasteiger partial charge in [0.1, 0.15) is 17.3 Å². The fraction of sp³-hybridized carbons (Fsp3) is 0.304. The average molecular weight is 424 g/mol. The van der Waals surface area contributed by atoms with Gasteiger partial charge in [-0.1, -0.05) is 12.1 Å². The molecule has 1 N–H and O–H groups in total. The Morgan fingerprint density at radius 1 is 1.00 bits per heavy atom. The van der Waals surface area contributed by atoms with E-state index in [1.807, 2.05) is 4.90 Å². The van der Waals surface area contributed by atoms with Crippen LogP contribution in [0.15, 0.2) is 42.5 Å². The van der Waals surface area contributed by atoms with Gasteiger partial charge in [-0.25, -0.2) is 13.5 Å². The lowest BCUT2D eigenvalue weighted by atomic mass is 10.2. The van der Waals surface area contributed by atoms with E-state index in [2.05, 4.69) is 10.4 Å². The third-order valence-electron chi connectivity index (χ3n) is 5.78. The number of para-hydroxylation sites is 1. The molecular formula is C23H22F2N4O2. The topological polar surface area (TPSA) is 59.4 Å².